The monoisotopic (exact) mass is 233 g/mol. The molecule has 1 fully saturated rings. The first kappa shape index (κ1) is 13.0. The molecule has 1 N–H and O–H groups in total. The Morgan fingerprint density at radius 2 is 1.93 bits per heavy atom. The van der Waals surface area contributed by atoms with E-state index in [2.05, 4.69) is 5.32 Å². The van der Waals surface area contributed by atoms with E-state index in [0.29, 0.717) is 11.5 Å². The molecule has 90 valence electrons. The van der Waals surface area contributed by atoms with Crippen LogP contribution in [0.2, 0.25) is 0 Å². The molecule has 15 heavy (non-hydrogen) atoms. The first-order chi connectivity index (χ1) is 6.99. The average molecular weight is 233 g/mol. The first-order valence-corrected chi connectivity index (χ1v) is 7.75. The highest BCUT2D eigenvalue weighted by Crippen LogP contribution is 2.18. The van der Waals surface area contributed by atoms with Crippen molar-refractivity contribution in [1.29, 1.82) is 0 Å². The lowest BCUT2D eigenvalue weighted by molar-refractivity contribution is 0.574. The minimum absolute atomic E-state index is 0.250. The summed E-state index contributed by atoms with van der Waals surface area (Å²) in [5.74, 6) is 0.945. The van der Waals surface area contributed by atoms with Crippen molar-refractivity contribution in [2.45, 2.75) is 45.6 Å². The van der Waals surface area contributed by atoms with Crippen LogP contribution in [0.15, 0.2) is 0 Å². The standard InChI is InChI=1S/C11H23NO2S/c1-10(2)9-15(13,14)8-4-3-7-12-11-5-6-11/h10-12H,3-9H2,1-2H3. The van der Waals surface area contributed by atoms with Crippen LogP contribution in [0.3, 0.4) is 0 Å². The smallest absolute Gasteiger partial charge is 0.150 e. The predicted molar refractivity (Wildman–Crippen MR) is 63.8 cm³/mol. The summed E-state index contributed by atoms with van der Waals surface area (Å²) < 4.78 is 23.1. The maximum Gasteiger partial charge on any atom is 0.150 e. The number of hydrogen-bond donors (Lipinski definition) is 1. The quantitative estimate of drug-likeness (QED) is 0.648. The van der Waals surface area contributed by atoms with Crippen molar-refractivity contribution in [1.82, 2.24) is 5.32 Å². The molecule has 3 nitrogen and oxygen atoms in total. The Morgan fingerprint density at radius 3 is 2.47 bits per heavy atom. The molecule has 0 aromatic carbocycles. The zero-order chi connectivity index (χ0) is 11.3. The van der Waals surface area contributed by atoms with Gasteiger partial charge >= 0.3 is 0 Å². The van der Waals surface area contributed by atoms with Gasteiger partial charge in [-0.25, -0.2) is 8.42 Å². The first-order valence-electron chi connectivity index (χ1n) is 5.93. The molecule has 0 saturated heterocycles. The van der Waals surface area contributed by atoms with Gasteiger partial charge in [0, 0.05) is 6.04 Å². The van der Waals surface area contributed by atoms with Crippen LogP contribution in [0.5, 0.6) is 0 Å². The van der Waals surface area contributed by atoms with Crippen molar-refractivity contribution in [3.8, 4) is 0 Å². The van der Waals surface area contributed by atoms with E-state index in [1.807, 2.05) is 13.8 Å². The van der Waals surface area contributed by atoms with E-state index in [1.54, 1.807) is 0 Å². The van der Waals surface area contributed by atoms with Crippen LogP contribution in [0, 0.1) is 5.92 Å². The van der Waals surface area contributed by atoms with Crippen molar-refractivity contribution < 1.29 is 8.42 Å². The summed E-state index contributed by atoms with van der Waals surface area (Å²) in [5.41, 5.74) is 0. The largest absolute Gasteiger partial charge is 0.314 e. The molecular weight excluding hydrogens is 210 g/mol. The van der Waals surface area contributed by atoms with Gasteiger partial charge in [0.05, 0.1) is 11.5 Å². The van der Waals surface area contributed by atoms with Crippen molar-refractivity contribution in [3.63, 3.8) is 0 Å². The average Bonchev–Trinajstić information content (AvgIpc) is 2.84. The highest BCUT2D eigenvalue weighted by molar-refractivity contribution is 7.91. The van der Waals surface area contributed by atoms with Crippen LogP contribution in [0.4, 0.5) is 0 Å². The van der Waals surface area contributed by atoms with E-state index in [9.17, 15) is 8.42 Å². The molecule has 1 aliphatic rings. The number of rotatable bonds is 8. The molecular formula is C11H23NO2S. The molecule has 1 rings (SSSR count). The fourth-order valence-corrected chi connectivity index (χ4v) is 3.46. The van der Waals surface area contributed by atoms with Crippen LogP contribution in [-0.4, -0.2) is 32.5 Å². The van der Waals surface area contributed by atoms with Gasteiger partial charge in [0.15, 0.2) is 9.84 Å². The summed E-state index contributed by atoms with van der Waals surface area (Å²) in [4.78, 5) is 0. The van der Waals surface area contributed by atoms with Crippen molar-refractivity contribution >= 4 is 9.84 Å². The van der Waals surface area contributed by atoms with Gasteiger partial charge in [0.1, 0.15) is 0 Å². The van der Waals surface area contributed by atoms with Gasteiger partial charge in [-0.1, -0.05) is 13.8 Å². The molecule has 0 heterocycles. The lowest BCUT2D eigenvalue weighted by Crippen LogP contribution is -2.19. The second kappa shape index (κ2) is 5.85. The van der Waals surface area contributed by atoms with Gasteiger partial charge in [-0.15, -0.1) is 0 Å². The highest BCUT2D eigenvalue weighted by atomic mass is 32.2. The van der Waals surface area contributed by atoms with E-state index < -0.39 is 9.84 Å². The third kappa shape index (κ3) is 6.90. The summed E-state index contributed by atoms with van der Waals surface area (Å²) in [7, 11) is -2.79. The molecule has 0 spiro atoms. The summed E-state index contributed by atoms with van der Waals surface area (Å²) >= 11 is 0. The molecule has 0 aromatic heterocycles. The molecule has 0 radical (unpaired) electrons. The Labute approximate surface area is 93.6 Å². The van der Waals surface area contributed by atoms with Gasteiger partial charge in [-0.05, 0) is 38.1 Å². The van der Waals surface area contributed by atoms with Crippen LogP contribution in [-0.2, 0) is 9.84 Å². The summed E-state index contributed by atoms with van der Waals surface area (Å²) in [6, 6.07) is 0.734. The van der Waals surface area contributed by atoms with E-state index in [-0.39, 0.29) is 5.92 Å². The Hall–Kier alpha value is -0.0900. The van der Waals surface area contributed by atoms with E-state index in [4.69, 9.17) is 0 Å². The lowest BCUT2D eigenvalue weighted by Gasteiger charge is -2.07. The second-order valence-electron chi connectivity index (χ2n) is 4.94. The van der Waals surface area contributed by atoms with Crippen molar-refractivity contribution in [2.24, 2.45) is 5.92 Å². The zero-order valence-corrected chi connectivity index (χ0v) is 10.6. The second-order valence-corrected chi connectivity index (χ2v) is 7.17. The zero-order valence-electron chi connectivity index (χ0n) is 9.83. The normalized spacial score (nSPS) is 17.3. The topological polar surface area (TPSA) is 46.2 Å². The summed E-state index contributed by atoms with van der Waals surface area (Å²) in [6.45, 7) is 4.88. The molecule has 1 saturated carbocycles. The SMILES string of the molecule is CC(C)CS(=O)(=O)CCCCNC1CC1. The van der Waals surface area contributed by atoms with Crippen molar-refractivity contribution in [3.05, 3.63) is 0 Å². The van der Waals surface area contributed by atoms with Crippen molar-refractivity contribution in [2.75, 3.05) is 18.1 Å². The number of nitrogens with one attached hydrogen (secondary N) is 1. The summed E-state index contributed by atoms with van der Waals surface area (Å²) in [6.07, 6.45) is 4.37. The Kier molecular flexibility index (Phi) is 5.06. The van der Waals surface area contributed by atoms with Gasteiger partial charge in [-0.3, -0.25) is 0 Å². The van der Waals surface area contributed by atoms with E-state index >= 15 is 0 Å². The number of sulfone groups is 1. The van der Waals surface area contributed by atoms with Gasteiger partial charge < -0.3 is 5.32 Å². The third-order valence-electron chi connectivity index (χ3n) is 2.48. The van der Waals surface area contributed by atoms with E-state index in [0.717, 1.165) is 25.4 Å². The van der Waals surface area contributed by atoms with Crippen LogP contribution in [0.1, 0.15) is 39.5 Å². The minimum atomic E-state index is -2.79. The fourth-order valence-electron chi connectivity index (χ4n) is 1.63. The maximum absolute atomic E-state index is 11.5. The molecule has 0 unspecified atom stereocenters. The fraction of sp³-hybridized carbons (Fsp3) is 1.00. The Bertz CT molecular complexity index is 268. The van der Waals surface area contributed by atoms with Crippen LogP contribution < -0.4 is 5.32 Å². The van der Waals surface area contributed by atoms with Gasteiger partial charge in [-0.2, -0.15) is 0 Å². The lowest BCUT2D eigenvalue weighted by atomic mass is 10.3. The number of hydrogen-bond acceptors (Lipinski definition) is 3. The molecule has 0 aliphatic heterocycles. The maximum atomic E-state index is 11.5. The summed E-state index contributed by atoms with van der Waals surface area (Å²) in [5, 5.41) is 3.39. The third-order valence-corrected chi connectivity index (χ3v) is 4.56. The number of unbranched alkanes of at least 4 members (excludes halogenated alkanes) is 1. The predicted octanol–water partition coefficient (Wildman–Crippen LogP) is 1.59. The molecule has 4 heteroatoms. The Balaban J connectivity index is 2.01. The Morgan fingerprint density at radius 1 is 1.27 bits per heavy atom. The van der Waals surface area contributed by atoms with Gasteiger partial charge in [0.25, 0.3) is 0 Å². The molecule has 0 amide bonds. The van der Waals surface area contributed by atoms with Crippen LogP contribution in [0.25, 0.3) is 0 Å². The molecule has 1 aliphatic carbocycles. The van der Waals surface area contributed by atoms with E-state index in [1.165, 1.54) is 12.8 Å². The van der Waals surface area contributed by atoms with Crippen LogP contribution >= 0.6 is 0 Å². The molecule has 0 bridgehead atoms. The van der Waals surface area contributed by atoms with Gasteiger partial charge in [0.2, 0.25) is 0 Å². The minimum Gasteiger partial charge on any atom is -0.314 e. The highest BCUT2D eigenvalue weighted by Gasteiger charge is 2.19. The molecule has 0 aromatic rings. The molecule has 0 atom stereocenters.